The lowest BCUT2D eigenvalue weighted by atomic mass is 9.62. The molecule has 0 radical (unpaired) electrons. The van der Waals surface area contributed by atoms with Crippen LogP contribution in [-0.4, -0.2) is 56.4 Å². The van der Waals surface area contributed by atoms with Crippen LogP contribution in [0.3, 0.4) is 0 Å². The molecule has 13 heteroatoms. The topological polar surface area (TPSA) is 152 Å². The van der Waals surface area contributed by atoms with Gasteiger partial charge in [0.05, 0.1) is 34.7 Å². The second-order valence-electron chi connectivity index (χ2n) is 16.8. The van der Waals surface area contributed by atoms with Crippen molar-refractivity contribution in [3.8, 4) is 34.4 Å². The number of nitriles is 2. The molecule has 3 N–H and O–H groups in total. The number of nitrogens with zero attached hydrogens (tertiary/aromatic N) is 4. The van der Waals surface area contributed by atoms with Crippen molar-refractivity contribution in [1.29, 1.82) is 10.5 Å². The minimum Gasteiger partial charge on any atom is -0.379 e. The molecule has 4 aromatic rings. The van der Waals surface area contributed by atoms with E-state index in [1.165, 1.54) is 6.92 Å². The monoisotopic (exact) mass is 830 g/mol. The van der Waals surface area contributed by atoms with Crippen LogP contribution in [0.25, 0.3) is 34.4 Å². The van der Waals surface area contributed by atoms with Gasteiger partial charge in [0.2, 0.25) is 5.91 Å². The van der Waals surface area contributed by atoms with E-state index in [2.05, 4.69) is 32.7 Å². The lowest BCUT2D eigenvalue weighted by molar-refractivity contribution is -0.191. The highest BCUT2D eigenvalue weighted by Gasteiger charge is 2.66. The predicted molar refractivity (Wildman–Crippen MR) is 222 cm³/mol. The van der Waals surface area contributed by atoms with Crippen molar-refractivity contribution >= 4 is 24.0 Å². The molecule has 314 valence electrons. The molecule has 10 atom stereocenters. The summed E-state index contributed by atoms with van der Waals surface area (Å²) < 4.78 is 58.4. The van der Waals surface area contributed by atoms with Gasteiger partial charge in [-0.3, -0.25) is 19.6 Å². The maximum absolute atomic E-state index is 14.7. The molecular formula is C48H46F4N6O3. The van der Waals surface area contributed by atoms with Crippen molar-refractivity contribution < 1.29 is 32.3 Å². The number of hydrogen-bond donors (Lipinski definition) is 3. The number of halogens is 4. The number of hydrogen-bond acceptors (Lipinski definition) is 7. The molecule has 4 fully saturated rings. The lowest BCUT2D eigenvalue weighted by Crippen LogP contribution is -2.57. The molecule has 2 aliphatic heterocycles. The summed E-state index contributed by atoms with van der Waals surface area (Å²) in [6, 6.07) is 25.5. The Labute approximate surface area is 352 Å². The zero-order chi connectivity index (χ0) is 43.9. The smallest absolute Gasteiger partial charge is 0.254 e. The first-order valence-electron chi connectivity index (χ1n) is 20.4. The number of carbonyl (C=O) groups is 2. The van der Waals surface area contributed by atoms with E-state index in [1.54, 1.807) is 74.8 Å². The van der Waals surface area contributed by atoms with Gasteiger partial charge in [0.15, 0.2) is 5.60 Å². The minimum absolute atomic E-state index is 0.131. The van der Waals surface area contributed by atoms with E-state index < -0.39 is 71.3 Å². The number of nitrogens with one attached hydrogen (secondary N) is 2. The summed E-state index contributed by atoms with van der Waals surface area (Å²) >= 11 is 0. The molecule has 4 aliphatic rings. The Hall–Kier alpha value is -6.18. The molecule has 2 aliphatic carbocycles. The third-order valence-corrected chi connectivity index (χ3v) is 13.2. The highest BCUT2D eigenvalue weighted by atomic mass is 19.3. The number of benzene rings is 2. The first-order valence-corrected chi connectivity index (χ1v) is 20.4. The third-order valence-electron chi connectivity index (χ3n) is 13.2. The Morgan fingerprint density at radius 3 is 1.72 bits per heavy atom. The Morgan fingerprint density at radius 1 is 0.705 bits per heavy atom. The van der Waals surface area contributed by atoms with Crippen molar-refractivity contribution in [1.82, 2.24) is 20.6 Å². The normalized spacial score (nSPS) is 30.9. The zero-order valence-corrected chi connectivity index (χ0v) is 34.1. The zero-order valence-electron chi connectivity index (χ0n) is 34.1. The van der Waals surface area contributed by atoms with Crippen LogP contribution in [-0.2, 0) is 9.59 Å². The third kappa shape index (κ3) is 8.19. The fourth-order valence-electron chi connectivity index (χ4n) is 9.82. The molecule has 2 amide bonds. The molecule has 0 unspecified atom stereocenters. The van der Waals surface area contributed by atoms with E-state index in [-0.39, 0.29) is 24.3 Å². The second kappa shape index (κ2) is 16.7. The van der Waals surface area contributed by atoms with Crippen molar-refractivity contribution in [2.45, 2.75) is 70.1 Å². The van der Waals surface area contributed by atoms with Gasteiger partial charge in [0.1, 0.15) is 0 Å². The second-order valence-corrected chi connectivity index (χ2v) is 16.8. The molecule has 2 aromatic carbocycles. The first kappa shape index (κ1) is 42.9. The van der Waals surface area contributed by atoms with Gasteiger partial charge in [0, 0.05) is 83.2 Å². The summed E-state index contributed by atoms with van der Waals surface area (Å²) in [6.45, 7) is 6.64. The number of amides is 2. The number of alkyl halides is 4. The van der Waals surface area contributed by atoms with Gasteiger partial charge in [-0.2, -0.15) is 10.5 Å². The van der Waals surface area contributed by atoms with Gasteiger partial charge in [-0.15, -0.1) is 0 Å². The number of pyridine rings is 2. The molecule has 2 aromatic heterocycles. The number of rotatable bonds is 6. The van der Waals surface area contributed by atoms with Gasteiger partial charge in [-0.1, -0.05) is 74.5 Å². The van der Waals surface area contributed by atoms with Crippen molar-refractivity contribution in [3.63, 3.8) is 0 Å². The van der Waals surface area contributed by atoms with E-state index in [9.17, 15) is 42.8 Å². The van der Waals surface area contributed by atoms with Gasteiger partial charge < -0.3 is 15.7 Å². The van der Waals surface area contributed by atoms with Gasteiger partial charge in [-0.05, 0) is 68.0 Å². The summed E-state index contributed by atoms with van der Waals surface area (Å²) in [5, 5.41) is 34.8. The van der Waals surface area contributed by atoms with Crippen LogP contribution in [0.4, 0.5) is 17.6 Å². The minimum atomic E-state index is -3.17. The SMILES string of the molecule is C[C@H]1NC(=O)[C@@H]2CC(F)(F)[C@@H](C)[C@H](/C=C/c3ccc(-c4ccccc4C#N)cn3)[C@H]12.C[C@H]1NC(=O)[C@]2(O)CC(F)(F)[C@@H](C)[C@H](/C=C/c3ccc(-c4ccccc4C#N)cn3)[C@H]12. The van der Waals surface area contributed by atoms with E-state index in [0.29, 0.717) is 22.5 Å². The van der Waals surface area contributed by atoms with Crippen LogP contribution < -0.4 is 10.6 Å². The Bertz CT molecular complexity index is 2440. The fraction of sp³-hybridized carbons (Fsp3) is 0.375. The molecule has 2 saturated heterocycles. The average Bonchev–Trinajstić information content (AvgIpc) is 3.64. The quantitative estimate of drug-likeness (QED) is 0.165. The van der Waals surface area contributed by atoms with Crippen molar-refractivity contribution in [3.05, 3.63) is 120 Å². The van der Waals surface area contributed by atoms with Crippen LogP contribution in [0, 0.1) is 64.1 Å². The van der Waals surface area contributed by atoms with Crippen LogP contribution in [0.1, 0.15) is 63.1 Å². The summed E-state index contributed by atoms with van der Waals surface area (Å²) in [7, 11) is 0. The van der Waals surface area contributed by atoms with Crippen LogP contribution >= 0.6 is 0 Å². The largest absolute Gasteiger partial charge is 0.379 e. The van der Waals surface area contributed by atoms with Crippen LogP contribution in [0.2, 0.25) is 0 Å². The summed E-state index contributed by atoms with van der Waals surface area (Å²) in [5.74, 6) is -11.5. The number of aliphatic hydroxyl groups is 1. The highest BCUT2D eigenvalue weighted by Crippen LogP contribution is 2.54. The Morgan fingerprint density at radius 2 is 1.21 bits per heavy atom. The van der Waals surface area contributed by atoms with Crippen molar-refractivity contribution in [2.24, 2.45) is 41.4 Å². The van der Waals surface area contributed by atoms with Gasteiger partial charge in [-0.25, -0.2) is 17.6 Å². The van der Waals surface area contributed by atoms with E-state index in [0.717, 1.165) is 22.3 Å². The van der Waals surface area contributed by atoms with Crippen molar-refractivity contribution in [2.75, 3.05) is 0 Å². The predicted octanol–water partition coefficient (Wildman–Crippen LogP) is 8.47. The maximum atomic E-state index is 14.7. The summed E-state index contributed by atoms with van der Waals surface area (Å²) in [6.07, 6.45) is 8.90. The fourth-order valence-corrected chi connectivity index (χ4v) is 9.82. The van der Waals surface area contributed by atoms with Crippen LogP contribution in [0.5, 0.6) is 0 Å². The highest BCUT2D eigenvalue weighted by molar-refractivity contribution is 5.89. The molecule has 0 bridgehead atoms. The number of aromatic nitrogens is 2. The molecule has 4 heterocycles. The molecule has 0 spiro atoms. The molecule has 8 rings (SSSR count). The molecule has 61 heavy (non-hydrogen) atoms. The maximum Gasteiger partial charge on any atom is 0.254 e. The summed E-state index contributed by atoms with van der Waals surface area (Å²) in [5.41, 5.74) is 3.41. The van der Waals surface area contributed by atoms with Crippen LogP contribution in [0.15, 0.2) is 97.3 Å². The molecular weight excluding hydrogens is 785 g/mol. The Kier molecular flexibility index (Phi) is 11.8. The standard InChI is InChI=1S/C24H23F2N3O2.C24H23F2N3O/c1-14-19(21-15(2)29-22(30)23(21,31)13-24(14,25)26)10-9-18-8-7-17(12-28-18)20-6-4-3-5-16(20)11-27;1-14-19(22-15(2)29-23(30)21(22)11-24(14,25)26)10-9-18-8-7-17(13-28-18)20-6-4-3-5-16(20)12-27/h3-10,12,14-15,19,21,31H,13H2,1-2H3,(H,29,30);3-10,13-15,19,21-22H,11H2,1-2H3,(H,29,30)/b2*10-9+/t14-,15+,19-,21-,23-;14-,15+,19-,21+,22-/m00/s1. The molecule has 9 nitrogen and oxygen atoms in total. The lowest BCUT2D eigenvalue weighted by Gasteiger charge is -2.46. The summed E-state index contributed by atoms with van der Waals surface area (Å²) in [4.78, 5) is 33.2. The average molecular weight is 831 g/mol. The van der Waals surface area contributed by atoms with Gasteiger partial charge in [0.25, 0.3) is 17.8 Å². The number of allylic oxidation sites excluding steroid dienone is 2. The molecule has 2 saturated carbocycles. The number of fused-ring (bicyclic) bond motifs is 2. The first-order chi connectivity index (χ1) is 29.0. The Balaban J connectivity index is 0.000000184. The van der Waals surface area contributed by atoms with E-state index in [4.69, 9.17) is 0 Å². The van der Waals surface area contributed by atoms with E-state index in [1.807, 2.05) is 55.5 Å². The number of carbonyl (C=O) groups excluding carboxylic acids is 2. The van der Waals surface area contributed by atoms with Gasteiger partial charge >= 0.3 is 0 Å². The van der Waals surface area contributed by atoms with E-state index >= 15 is 0 Å².